The third-order valence-electron chi connectivity index (χ3n) is 4.17. The second-order valence-corrected chi connectivity index (χ2v) is 8.06. The molecule has 150 valence electrons. The zero-order valence-electron chi connectivity index (χ0n) is 16.2. The second-order valence-electron chi connectivity index (χ2n) is 6.38. The van der Waals surface area contributed by atoms with E-state index in [9.17, 15) is 13.2 Å². The fourth-order valence-electron chi connectivity index (χ4n) is 2.67. The summed E-state index contributed by atoms with van der Waals surface area (Å²) in [4.78, 5) is 12.6. The Balaban J connectivity index is 1.74. The summed E-state index contributed by atoms with van der Waals surface area (Å²) in [7, 11) is -3.74. The number of aryl methyl sites for hydroxylation is 1. The largest absolute Gasteiger partial charge is 0.492 e. The van der Waals surface area contributed by atoms with Gasteiger partial charge in [-0.05, 0) is 62.4 Å². The first-order chi connectivity index (χ1) is 13.9. The van der Waals surface area contributed by atoms with E-state index in [4.69, 9.17) is 4.74 Å². The zero-order chi connectivity index (χ0) is 20.9. The molecule has 0 heterocycles. The summed E-state index contributed by atoms with van der Waals surface area (Å²) in [5, 5.41) is 2.79. The molecule has 6 nitrogen and oxygen atoms in total. The maximum Gasteiger partial charge on any atom is 0.261 e. The number of nitrogens with one attached hydrogen (secondary N) is 2. The lowest BCUT2D eigenvalue weighted by Gasteiger charge is -2.12. The zero-order valence-corrected chi connectivity index (χ0v) is 17.0. The van der Waals surface area contributed by atoms with Crippen molar-refractivity contribution in [3.63, 3.8) is 0 Å². The van der Waals surface area contributed by atoms with Gasteiger partial charge < -0.3 is 10.1 Å². The van der Waals surface area contributed by atoms with E-state index in [1.54, 1.807) is 30.3 Å². The van der Waals surface area contributed by atoms with Crippen molar-refractivity contribution in [2.45, 2.75) is 18.7 Å². The molecule has 0 fully saturated rings. The Hall–Kier alpha value is -3.32. The van der Waals surface area contributed by atoms with Gasteiger partial charge in [0, 0.05) is 11.3 Å². The van der Waals surface area contributed by atoms with Crippen LogP contribution in [0, 0.1) is 6.92 Å². The number of amides is 1. The van der Waals surface area contributed by atoms with Gasteiger partial charge in [-0.2, -0.15) is 0 Å². The Labute approximate surface area is 170 Å². The molecule has 1 amide bonds. The van der Waals surface area contributed by atoms with Gasteiger partial charge in [0.25, 0.3) is 15.9 Å². The first kappa shape index (κ1) is 20.4. The van der Waals surface area contributed by atoms with E-state index >= 15 is 0 Å². The Morgan fingerprint density at radius 2 is 1.59 bits per heavy atom. The van der Waals surface area contributed by atoms with Crippen molar-refractivity contribution in [2.24, 2.45) is 0 Å². The molecule has 0 aliphatic heterocycles. The van der Waals surface area contributed by atoms with Gasteiger partial charge in [0.15, 0.2) is 0 Å². The van der Waals surface area contributed by atoms with E-state index in [0.29, 0.717) is 29.3 Å². The number of anilines is 2. The lowest BCUT2D eigenvalue weighted by molar-refractivity contribution is 0.102. The van der Waals surface area contributed by atoms with Crippen molar-refractivity contribution < 1.29 is 17.9 Å². The van der Waals surface area contributed by atoms with E-state index < -0.39 is 10.0 Å². The van der Waals surface area contributed by atoms with Gasteiger partial charge in [-0.3, -0.25) is 9.52 Å². The minimum atomic E-state index is -3.74. The summed E-state index contributed by atoms with van der Waals surface area (Å²) in [6.45, 7) is 4.27. The summed E-state index contributed by atoms with van der Waals surface area (Å²) in [6, 6.07) is 19.9. The van der Waals surface area contributed by atoms with E-state index in [0.717, 1.165) is 5.56 Å². The van der Waals surface area contributed by atoms with Crippen LogP contribution in [0.25, 0.3) is 0 Å². The van der Waals surface area contributed by atoms with E-state index in [1.165, 1.54) is 24.3 Å². The highest BCUT2D eigenvalue weighted by molar-refractivity contribution is 7.92. The number of hydrogen-bond acceptors (Lipinski definition) is 4. The van der Waals surface area contributed by atoms with Gasteiger partial charge in [0.2, 0.25) is 0 Å². The number of para-hydroxylation sites is 2. The van der Waals surface area contributed by atoms with Gasteiger partial charge >= 0.3 is 0 Å². The first-order valence-corrected chi connectivity index (χ1v) is 10.6. The smallest absolute Gasteiger partial charge is 0.261 e. The quantitative estimate of drug-likeness (QED) is 0.603. The third-order valence-corrected chi connectivity index (χ3v) is 5.56. The molecule has 0 radical (unpaired) electrons. The molecule has 0 aliphatic carbocycles. The Morgan fingerprint density at radius 3 is 2.24 bits per heavy atom. The molecule has 7 heteroatoms. The molecule has 0 aromatic heterocycles. The minimum Gasteiger partial charge on any atom is -0.492 e. The molecular formula is C22H22N2O4S. The fraction of sp³-hybridized carbons (Fsp3) is 0.136. The number of sulfonamides is 1. The predicted molar refractivity (Wildman–Crippen MR) is 114 cm³/mol. The van der Waals surface area contributed by atoms with Crippen molar-refractivity contribution >= 4 is 27.3 Å². The maximum absolute atomic E-state index is 12.5. The molecule has 0 saturated heterocycles. The van der Waals surface area contributed by atoms with Crippen LogP contribution in [0.1, 0.15) is 22.8 Å². The summed E-state index contributed by atoms with van der Waals surface area (Å²) >= 11 is 0. The van der Waals surface area contributed by atoms with Crippen molar-refractivity contribution in [3.8, 4) is 5.75 Å². The highest BCUT2D eigenvalue weighted by Crippen LogP contribution is 2.24. The predicted octanol–water partition coefficient (Wildman–Crippen LogP) is 4.45. The monoisotopic (exact) mass is 410 g/mol. The van der Waals surface area contributed by atoms with Gasteiger partial charge in [-0.25, -0.2) is 8.42 Å². The van der Waals surface area contributed by atoms with Crippen LogP contribution in [0.2, 0.25) is 0 Å². The molecule has 29 heavy (non-hydrogen) atoms. The number of benzene rings is 3. The Morgan fingerprint density at radius 1 is 0.931 bits per heavy atom. The molecule has 0 unspecified atom stereocenters. The van der Waals surface area contributed by atoms with Gasteiger partial charge in [0.1, 0.15) is 5.75 Å². The minimum absolute atomic E-state index is 0.0735. The molecule has 0 atom stereocenters. The van der Waals surface area contributed by atoms with Crippen LogP contribution in [0.3, 0.4) is 0 Å². The van der Waals surface area contributed by atoms with Crippen LogP contribution in [0.15, 0.2) is 77.7 Å². The fourth-order valence-corrected chi connectivity index (χ4v) is 3.73. The number of ether oxygens (including phenoxy) is 1. The van der Waals surface area contributed by atoms with Crippen molar-refractivity contribution in [2.75, 3.05) is 16.6 Å². The maximum atomic E-state index is 12.5. The standard InChI is InChI=1S/C22H22N2O4S/c1-3-28-21-7-5-4-6-20(21)23-22(25)17-10-14-19(15-11-17)29(26,27)24-18-12-8-16(2)9-13-18/h4-15,24H,3H2,1-2H3,(H,23,25). The van der Waals surface area contributed by atoms with Crippen molar-refractivity contribution in [1.82, 2.24) is 0 Å². The van der Waals surface area contributed by atoms with Crippen LogP contribution in [0.5, 0.6) is 5.75 Å². The molecule has 3 aromatic carbocycles. The topological polar surface area (TPSA) is 84.5 Å². The van der Waals surface area contributed by atoms with Crippen LogP contribution in [-0.2, 0) is 10.0 Å². The summed E-state index contributed by atoms with van der Waals surface area (Å²) in [5.41, 5.74) is 2.40. The highest BCUT2D eigenvalue weighted by atomic mass is 32.2. The highest BCUT2D eigenvalue weighted by Gasteiger charge is 2.16. The van der Waals surface area contributed by atoms with Gasteiger partial charge in [-0.15, -0.1) is 0 Å². The molecule has 3 rings (SSSR count). The van der Waals surface area contributed by atoms with Crippen LogP contribution in [0.4, 0.5) is 11.4 Å². The van der Waals surface area contributed by atoms with Gasteiger partial charge in [-0.1, -0.05) is 29.8 Å². The van der Waals surface area contributed by atoms with Crippen LogP contribution in [-0.4, -0.2) is 20.9 Å². The Bertz CT molecular complexity index is 1090. The molecule has 0 aliphatic rings. The van der Waals surface area contributed by atoms with E-state index in [1.807, 2.05) is 32.0 Å². The summed E-state index contributed by atoms with van der Waals surface area (Å²) in [6.07, 6.45) is 0. The molecule has 3 aromatic rings. The second kappa shape index (κ2) is 8.79. The normalized spacial score (nSPS) is 11.0. The first-order valence-electron chi connectivity index (χ1n) is 9.12. The molecule has 0 bridgehead atoms. The molecule has 0 spiro atoms. The van der Waals surface area contributed by atoms with E-state index in [2.05, 4.69) is 10.0 Å². The lowest BCUT2D eigenvalue weighted by atomic mass is 10.2. The Kier molecular flexibility index (Phi) is 6.19. The summed E-state index contributed by atoms with van der Waals surface area (Å²) < 4.78 is 33.1. The average molecular weight is 410 g/mol. The SMILES string of the molecule is CCOc1ccccc1NC(=O)c1ccc(S(=O)(=O)Nc2ccc(C)cc2)cc1. The van der Waals surface area contributed by atoms with E-state index in [-0.39, 0.29) is 10.8 Å². The van der Waals surface area contributed by atoms with Gasteiger partial charge in [0.05, 0.1) is 17.2 Å². The third kappa shape index (κ3) is 5.14. The molecule has 0 saturated carbocycles. The molecule has 2 N–H and O–H groups in total. The number of rotatable bonds is 7. The number of hydrogen-bond donors (Lipinski definition) is 2. The molecular weight excluding hydrogens is 388 g/mol. The van der Waals surface area contributed by atoms with Crippen molar-refractivity contribution in [3.05, 3.63) is 83.9 Å². The van der Waals surface area contributed by atoms with Crippen LogP contribution < -0.4 is 14.8 Å². The average Bonchev–Trinajstić information content (AvgIpc) is 2.71. The van der Waals surface area contributed by atoms with Crippen LogP contribution >= 0.6 is 0 Å². The lowest BCUT2D eigenvalue weighted by Crippen LogP contribution is -2.15. The number of carbonyl (C=O) groups is 1. The summed E-state index contributed by atoms with van der Waals surface area (Å²) in [5.74, 6) is 0.220. The van der Waals surface area contributed by atoms with Crippen molar-refractivity contribution in [1.29, 1.82) is 0 Å². The number of carbonyl (C=O) groups excluding carboxylic acids is 1.